The second-order valence-corrected chi connectivity index (χ2v) is 8.59. The van der Waals surface area contributed by atoms with Gasteiger partial charge in [0.05, 0.1) is 0 Å². The third kappa shape index (κ3) is 6.10. The Morgan fingerprint density at radius 3 is 1.70 bits per heavy atom. The molecule has 1 heterocycles. The molecule has 0 atom stereocenters. The van der Waals surface area contributed by atoms with Gasteiger partial charge in [-0.2, -0.15) is 9.97 Å². The zero-order valence-corrected chi connectivity index (χ0v) is 15.0. The van der Waals surface area contributed by atoms with Crippen LogP contribution in [0.3, 0.4) is 0 Å². The summed E-state index contributed by atoms with van der Waals surface area (Å²) in [7, 11) is 3.85. The average molecular weight is 402 g/mol. The molecular formula is C9H11Cl6N5. The predicted octanol–water partition coefficient (Wildman–Crippen LogP) is 3.50. The molecule has 0 saturated carbocycles. The van der Waals surface area contributed by atoms with Crippen molar-refractivity contribution in [2.24, 2.45) is 0 Å². The van der Waals surface area contributed by atoms with Crippen LogP contribution in [0, 0.1) is 0 Å². The van der Waals surface area contributed by atoms with Gasteiger partial charge in [0.1, 0.15) is 0 Å². The number of nitrogens with zero attached hydrogens (tertiary/aromatic N) is 4. The number of rotatable bonds is 4. The largest absolute Gasteiger partial charge is 0.353 e. The van der Waals surface area contributed by atoms with Crippen LogP contribution < -0.4 is 5.32 Å². The minimum atomic E-state index is -1.84. The predicted molar refractivity (Wildman–Crippen MR) is 85.3 cm³/mol. The van der Waals surface area contributed by atoms with Crippen molar-refractivity contribution in [3.8, 4) is 0 Å². The third-order valence-electron chi connectivity index (χ3n) is 1.98. The number of aromatic nitrogens is 3. The van der Waals surface area contributed by atoms with E-state index in [0.29, 0.717) is 6.54 Å². The quantitative estimate of drug-likeness (QED) is 0.782. The lowest BCUT2D eigenvalue weighted by atomic mass is 10.5. The van der Waals surface area contributed by atoms with Gasteiger partial charge in [-0.05, 0) is 14.1 Å². The van der Waals surface area contributed by atoms with Crippen molar-refractivity contribution in [1.82, 2.24) is 19.9 Å². The van der Waals surface area contributed by atoms with Crippen molar-refractivity contribution >= 4 is 75.6 Å². The van der Waals surface area contributed by atoms with Crippen LogP contribution in [0.5, 0.6) is 0 Å². The second kappa shape index (κ2) is 7.18. The number of hydrogen-bond acceptors (Lipinski definition) is 5. The van der Waals surface area contributed by atoms with Crippen LogP contribution in [0.25, 0.3) is 0 Å². The van der Waals surface area contributed by atoms with Crippen LogP contribution in [0.1, 0.15) is 11.6 Å². The maximum atomic E-state index is 5.75. The van der Waals surface area contributed by atoms with Gasteiger partial charge in [-0.25, -0.2) is 4.98 Å². The lowest BCUT2D eigenvalue weighted by Gasteiger charge is -2.16. The standard InChI is InChI=1S/C9H11Cl6N5/c1-20(2)4-3-16-7-18-5(8(10,11)12)17-6(19-7)9(13,14)15/h3-4H2,1-2H3,(H,16,17,18,19). The molecule has 0 aromatic carbocycles. The van der Waals surface area contributed by atoms with Gasteiger partial charge >= 0.3 is 0 Å². The Hall–Kier alpha value is 0.510. The Kier molecular flexibility index (Phi) is 6.66. The normalized spacial score (nSPS) is 12.8. The van der Waals surface area contributed by atoms with Gasteiger partial charge in [0.15, 0.2) is 11.6 Å². The highest BCUT2D eigenvalue weighted by Gasteiger charge is 2.33. The molecule has 20 heavy (non-hydrogen) atoms. The van der Waals surface area contributed by atoms with E-state index in [1.807, 2.05) is 19.0 Å². The minimum Gasteiger partial charge on any atom is -0.353 e. The lowest BCUT2D eigenvalue weighted by Crippen LogP contribution is -2.23. The van der Waals surface area contributed by atoms with Crippen LogP contribution >= 0.6 is 69.6 Å². The van der Waals surface area contributed by atoms with E-state index >= 15 is 0 Å². The smallest absolute Gasteiger partial charge is 0.250 e. The van der Waals surface area contributed by atoms with E-state index in [9.17, 15) is 0 Å². The molecule has 0 radical (unpaired) electrons. The van der Waals surface area contributed by atoms with Gasteiger partial charge in [-0.1, -0.05) is 69.6 Å². The minimum absolute atomic E-state index is 0.119. The van der Waals surface area contributed by atoms with Crippen molar-refractivity contribution in [3.05, 3.63) is 11.6 Å². The van der Waals surface area contributed by atoms with E-state index in [1.54, 1.807) is 0 Å². The fourth-order valence-electron chi connectivity index (χ4n) is 1.10. The first-order valence-electron chi connectivity index (χ1n) is 5.29. The molecule has 5 nitrogen and oxygen atoms in total. The Bertz CT molecular complexity index is 423. The summed E-state index contributed by atoms with van der Waals surface area (Å²) in [6.45, 7) is 1.31. The summed E-state index contributed by atoms with van der Waals surface area (Å²) in [6, 6.07) is 0. The van der Waals surface area contributed by atoms with Gasteiger partial charge in [0.2, 0.25) is 13.5 Å². The molecule has 0 amide bonds. The first kappa shape index (κ1) is 18.6. The molecule has 0 saturated heterocycles. The number of hydrogen-bond donors (Lipinski definition) is 1. The molecule has 114 valence electrons. The molecule has 11 heteroatoms. The van der Waals surface area contributed by atoms with Gasteiger partial charge < -0.3 is 10.2 Å². The van der Waals surface area contributed by atoms with E-state index in [2.05, 4.69) is 20.3 Å². The second-order valence-electron chi connectivity index (χ2n) is 4.03. The van der Waals surface area contributed by atoms with Gasteiger partial charge in [-0.15, -0.1) is 0 Å². The molecule has 0 aliphatic carbocycles. The van der Waals surface area contributed by atoms with E-state index in [1.165, 1.54) is 0 Å². The highest BCUT2D eigenvalue weighted by molar-refractivity contribution is 6.67. The summed E-state index contributed by atoms with van der Waals surface area (Å²) in [6.07, 6.45) is 0. The molecule has 0 unspecified atom stereocenters. The molecular weight excluding hydrogens is 391 g/mol. The molecule has 1 aromatic heterocycles. The fraction of sp³-hybridized carbons (Fsp3) is 0.667. The van der Waals surface area contributed by atoms with Crippen LogP contribution in [0.15, 0.2) is 0 Å². The lowest BCUT2D eigenvalue weighted by molar-refractivity contribution is 0.425. The summed E-state index contributed by atoms with van der Waals surface area (Å²) in [5, 5.41) is 2.95. The summed E-state index contributed by atoms with van der Waals surface area (Å²) < 4.78 is -3.68. The molecule has 0 spiro atoms. The fourth-order valence-corrected chi connectivity index (χ4v) is 1.61. The zero-order chi connectivity index (χ0) is 15.6. The summed E-state index contributed by atoms with van der Waals surface area (Å²) in [5.41, 5.74) is 0. The SMILES string of the molecule is CN(C)CCNc1nc(C(Cl)(Cl)Cl)nc(C(Cl)(Cl)Cl)n1. The number of anilines is 1. The molecule has 0 aliphatic heterocycles. The van der Waals surface area contributed by atoms with Gasteiger partial charge in [0.25, 0.3) is 0 Å². The van der Waals surface area contributed by atoms with Crippen molar-refractivity contribution in [2.75, 3.05) is 32.5 Å². The Morgan fingerprint density at radius 2 is 1.35 bits per heavy atom. The maximum Gasteiger partial charge on any atom is 0.250 e. The average Bonchev–Trinajstić information content (AvgIpc) is 2.25. The van der Waals surface area contributed by atoms with Crippen molar-refractivity contribution in [2.45, 2.75) is 7.59 Å². The highest BCUT2D eigenvalue weighted by Crippen LogP contribution is 2.40. The molecule has 1 N–H and O–H groups in total. The maximum absolute atomic E-state index is 5.75. The number of nitrogens with one attached hydrogen (secondary N) is 1. The molecule has 0 aliphatic rings. The van der Waals surface area contributed by atoms with Gasteiger partial charge in [-0.3, -0.25) is 0 Å². The Balaban J connectivity index is 3.05. The van der Waals surface area contributed by atoms with E-state index in [-0.39, 0.29) is 17.6 Å². The topological polar surface area (TPSA) is 53.9 Å². The van der Waals surface area contributed by atoms with Crippen molar-refractivity contribution < 1.29 is 0 Å². The highest BCUT2D eigenvalue weighted by atomic mass is 35.6. The summed E-state index contributed by atoms with van der Waals surface area (Å²) in [4.78, 5) is 13.8. The van der Waals surface area contributed by atoms with Gasteiger partial charge in [0, 0.05) is 13.1 Å². The number of likely N-dealkylation sites (N-methyl/N-ethyl adjacent to an activating group) is 1. The molecule has 1 rings (SSSR count). The zero-order valence-electron chi connectivity index (χ0n) is 10.5. The third-order valence-corrected chi connectivity index (χ3v) is 3.00. The molecule has 0 fully saturated rings. The van der Waals surface area contributed by atoms with Crippen LogP contribution in [0.2, 0.25) is 0 Å². The van der Waals surface area contributed by atoms with E-state index in [4.69, 9.17) is 69.6 Å². The summed E-state index contributed by atoms with van der Waals surface area (Å²) >= 11 is 34.5. The van der Waals surface area contributed by atoms with Crippen molar-refractivity contribution in [1.29, 1.82) is 0 Å². The molecule has 1 aromatic rings. The monoisotopic (exact) mass is 399 g/mol. The molecule has 0 bridgehead atoms. The first-order chi connectivity index (χ1) is 9.00. The van der Waals surface area contributed by atoms with Crippen LogP contribution in [0.4, 0.5) is 5.95 Å². The van der Waals surface area contributed by atoms with Crippen LogP contribution in [-0.2, 0) is 7.59 Å². The first-order valence-corrected chi connectivity index (χ1v) is 7.56. The van der Waals surface area contributed by atoms with E-state index in [0.717, 1.165) is 6.54 Å². The van der Waals surface area contributed by atoms with Crippen LogP contribution in [-0.4, -0.2) is 47.0 Å². The Morgan fingerprint density at radius 1 is 0.900 bits per heavy atom. The van der Waals surface area contributed by atoms with E-state index < -0.39 is 7.59 Å². The van der Waals surface area contributed by atoms with Crippen molar-refractivity contribution in [3.63, 3.8) is 0 Å². The number of alkyl halides is 6. The summed E-state index contributed by atoms with van der Waals surface area (Å²) in [5.74, 6) is -0.0677. The number of halogens is 6. The Labute approximate surface area is 146 Å².